The number of hydrazine groups is 1. The number of amides is 2. The smallest absolute Gasteiger partial charge is 0.276 e. The summed E-state index contributed by atoms with van der Waals surface area (Å²) in [6.07, 6.45) is 1.79. The number of rotatable bonds is 5. The van der Waals surface area contributed by atoms with Crippen molar-refractivity contribution in [1.82, 2.24) is 16.2 Å². The van der Waals surface area contributed by atoms with Crippen molar-refractivity contribution in [3.05, 3.63) is 29.8 Å². The molecule has 3 N–H and O–H groups in total. The van der Waals surface area contributed by atoms with Gasteiger partial charge in [0.15, 0.2) is 11.7 Å². The summed E-state index contributed by atoms with van der Waals surface area (Å²) in [5.41, 5.74) is 5.93. The molecule has 1 aromatic carbocycles. The van der Waals surface area contributed by atoms with Crippen molar-refractivity contribution in [3.63, 3.8) is 0 Å². The van der Waals surface area contributed by atoms with Gasteiger partial charge in [-0.15, -0.1) is 0 Å². The van der Waals surface area contributed by atoms with Crippen molar-refractivity contribution < 1.29 is 14.3 Å². The second-order valence-corrected chi connectivity index (χ2v) is 6.16. The summed E-state index contributed by atoms with van der Waals surface area (Å²) in [5, 5.41) is 2.60. The Kier molecular flexibility index (Phi) is 5.92. The second kappa shape index (κ2) is 7.92. The Balaban J connectivity index is 1.72. The van der Waals surface area contributed by atoms with Crippen LogP contribution in [0, 0.1) is 5.92 Å². The molecule has 2 rings (SSSR count). The van der Waals surface area contributed by atoms with Crippen molar-refractivity contribution >= 4 is 29.1 Å². The minimum Gasteiger partial charge on any atom is -0.483 e. The third-order valence-corrected chi connectivity index (χ3v) is 3.60. The predicted molar refractivity (Wildman–Crippen MR) is 90.8 cm³/mol. The first kappa shape index (κ1) is 17.2. The van der Waals surface area contributed by atoms with Crippen LogP contribution in [0.2, 0.25) is 0 Å². The molecule has 2 amide bonds. The Morgan fingerprint density at radius 1 is 1.26 bits per heavy atom. The highest BCUT2D eigenvalue weighted by atomic mass is 32.1. The van der Waals surface area contributed by atoms with Crippen molar-refractivity contribution in [2.75, 3.05) is 6.61 Å². The molecule has 1 aliphatic carbocycles. The average Bonchev–Trinajstić information content (AvgIpc) is 3.36. The van der Waals surface area contributed by atoms with Gasteiger partial charge in [-0.3, -0.25) is 20.4 Å². The number of carbonyl (C=O) groups is 2. The van der Waals surface area contributed by atoms with Gasteiger partial charge in [0.1, 0.15) is 5.75 Å². The van der Waals surface area contributed by atoms with Crippen LogP contribution < -0.4 is 20.9 Å². The van der Waals surface area contributed by atoms with Crippen molar-refractivity contribution in [2.24, 2.45) is 5.92 Å². The molecule has 0 atom stereocenters. The molecule has 0 aromatic heterocycles. The van der Waals surface area contributed by atoms with E-state index in [2.05, 4.69) is 30.0 Å². The number of ether oxygens (including phenoxy) is 1. The molecule has 0 radical (unpaired) electrons. The lowest BCUT2D eigenvalue weighted by atomic mass is 10.0. The first-order valence-corrected chi connectivity index (χ1v) is 7.99. The molecule has 1 saturated carbocycles. The quantitative estimate of drug-likeness (QED) is 0.563. The fourth-order valence-corrected chi connectivity index (χ4v) is 2.14. The maximum absolute atomic E-state index is 11.8. The molecule has 1 aliphatic rings. The summed E-state index contributed by atoms with van der Waals surface area (Å²) in [4.78, 5) is 23.3. The zero-order valence-electron chi connectivity index (χ0n) is 13.2. The summed E-state index contributed by atoms with van der Waals surface area (Å²) in [6.45, 7) is 3.98. The van der Waals surface area contributed by atoms with Gasteiger partial charge in [-0.05, 0) is 42.6 Å². The van der Waals surface area contributed by atoms with Gasteiger partial charge in [0, 0.05) is 5.92 Å². The van der Waals surface area contributed by atoms with Gasteiger partial charge in [0.05, 0.1) is 0 Å². The Morgan fingerprint density at radius 2 is 1.96 bits per heavy atom. The molecule has 0 saturated heterocycles. The number of nitrogens with one attached hydrogen (secondary N) is 3. The van der Waals surface area contributed by atoms with Gasteiger partial charge in [-0.25, -0.2) is 0 Å². The van der Waals surface area contributed by atoms with Crippen LogP contribution in [0.15, 0.2) is 24.3 Å². The zero-order valence-corrected chi connectivity index (χ0v) is 14.0. The van der Waals surface area contributed by atoms with Gasteiger partial charge < -0.3 is 10.1 Å². The number of carbonyl (C=O) groups excluding carboxylic acids is 2. The minimum absolute atomic E-state index is 0.0568. The number of thiocarbonyl (C=S) groups is 1. The molecule has 0 unspecified atom stereocenters. The lowest BCUT2D eigenvalue weighted by molar-refractivity contribution is -0.124. The van der Waals surface area contributed by atoms with E-state index in [-0.39, 0.29) is 29.5 Å². The van der Waals surface area contributed by atoms with Crippen LogP contribution >= 0.6 is 12.2 Å². The molecule has 23 heavy (non-hydrogen) atoms. The molecule has 7 heteroatoms. The number of hydrogen-bond donors (Lipinski definition) is 3. The molecule has 0 aliphatic heterocycles. The maximum Gasteiger partial charge on any atom is 0.276 e. The molecule has 0 heterocycles. The van der Waals surface area contributed by atoms with Gasteiger partial charge in [-0.1, -0.05) is 32.0 Å². The molecular formula is C16H21N3O3S. The number of benzene rings is 1. The van der Waals surface area contributed by atoms with Gasteiger partial charge >= 0.3 is 0 Å². The molecule has 1 aromatic rings. The van der Waals surface area contributed by atoms with E-state index < -0.39 is 0 Å². The van der Waals surface area contributed by atoms with Crippen LogP contribution in [0.1, 0.15) is 38.2 Å². The van der Waals surface area contributed by atoms with Gasteiger partial charge in [0.25, 0.3) is 5.91 Å². The molecule has 124 valence electrons. The first-order chi connectivity index (χ1) is 11.0. The summed E-state index contributed by atoms with van der Waals surface area (Å²) >= 11 is 4.93. The number of hydrogen-bond acceptors (Lipinski definition) is 4. The van der Waals surface area contributed by atoms with E-state index in [1.54, 1.807) is 0 Å². The summed E-state index contributed by atoms with van der Waals surface area (Å²) in [6, 6.07) is 7.60. The van der Waals surface area contributed by atoms with Crippen molar-refractivity contribution in [1.29, 1.82) is 0 Å². The van der Waals surface area contributed by atoms with Crippen LogP contribution in [0.5, 0.6) is 5.75 Å². The number of para-hydroxylation sites is 1. The second-order valence-electron chi connectivity index (χ2n) is 5.75. The largest absolute Gasteiger partial charge is 0.483 e. The third kappa shape index (κ3) is 5.52. The molecule has 0 bridgehead atoms. The highest BCUT2D eigenvalue weighted by Gasteiger charge is 2.30. The highest BCUT2D eigenvalue weighted by molar-refractivity contribution is 7.80. The lowest BCUT2D eigenvalue weighted by Gasteiger charge is -2.14. The normalized spacial score (nSPS) is 13.3. The molecule has 6 nitrogen and oxygen atoms in total. The summed E-state index contributed by atoms with van der Waals surface area (Å²) < 4.78 is 5.54. The monoisotopic (exact) mass is 335 g/mol. The fraction of sp³-hybridized carbons (Fsp3) is 0.438. The Labute approximate surface area is 140 Å². The molecular weight excluding hydrogens is 314 g/mol. The van der Waals surface area contributed by atoms with Crippen LogP contribution in [0.3, 0.4) is 0 Å². The average molecular weight is 335 g/mol. The zero-order chi connectivity index (χ0) is 16.8. The summed E-state index contributed by atoms with van der Waals surface area (Å²) in [5.74, 6) is 0.548. The maximum atomic E-state index is 11.8. The predicted octanol–water partition coefficient (Wildman–Crippen LogP) is 1.62. The highest BCUT2D eigenvalue weighted by Crippen LogP contribution is 2.28. The first-order valence-electron chi connectivity index (χ1n) is 7.58. The van der Waals surface area contributed by atoms with Crippen molar-refractivity contribution in [3.8, 4) is 5.75 Å². The van der Waals surface area contributed by atoms with Gasteiger partial charge in [0.2, 0.25) is 5.91 Å². The molecule has 1 fully saturated rings. The third-order valence-electron chi connectivity index (χ3n) is 3.40. The van der Waals surface area contributed by atoms with Crippen LogP contribution in [-0.2, 0) is 9.59 Å². The molecule has 0 spiro atoms. The Hall–Kier alpha value is -2.15. The van der Waals surface area contributed by atoms with Crippen LogP contribution in [0.25, 0.3) is 0 Å². The van der Waals surface area contributed by atoms with E-state index in [1.807, 2.05) is 24.3 Å². The minimum atomic E-state index is -0.383. The standard InChI is InChI=1S/C16H21N3O3S/c1-10(2)12-5-3-4-6-13(12)22-9-14(20)18-19-16(23)17-15(21)11-7-8-11/h3-6,10-11H,7-9H2,1-2H3,(H,18,20)(H2,17,19,21,23). The van der Waals surface area contributed by atoms with E-state index in [1.165, 1.54) is 0 Å². The Bertz CT molecular complexity index is 600. The SMILES string of the molecule is CC(C)c1ccccc1OCC(=O)NNC(=S)NC(=O)C1CC1. The topological polar surface area (TPSA) is 79.5 Å². The van der Waals surface area contributed by atoms with E-state index in [0.717, 1.165) is 18.4 Å². The fourth-order valence-electron chi connectivity index (χ4n) is 1.99. The van der Waals surface area contributed by atoms with E-state index in [0.29, 0.717) is 11.7 Å². The lowest BCUT2D eigenvalue weighted by Crippen LogP contribution is -2.50. The van der Waals surface area contributed by atoms with Crippen molar-refractivity contribution in [2.45, 2.75) is 32.6 Å². The summed E-state index contributed by atoms with van der Waals surface area (Å²) in [7, 11) is 0. The van der Waals surface area contributed by atoms with E-state index in [4.69, 9.17) is 17.0 Å². The Morgan fingerprint density at radius 3 is 2.61 bits per heavy atom. The van der Waals surface area contributed by atoms with E-state index in [9.17, 15) is 9.59 Å². The van der Waals surface area contributed by atoms with Crippen LogP contribution in [-0.4, -0.2) is 23.5 Å². The van der Waals surface area contributed by atoms with Gasteiger partial charge in [-0.2, -0.15) is 0 Å². The van der Waals surface area contributed by atoms with E-state index >= 15 is 0 Å². The van der Waals surface area contributed by atoms with Crippen LogP contribution in [0.4, 0.5) is 0 Å².